The first-order chi connectivity index (χ1) is 32.2. The molecule has 6 heterocycles. The number of aliphatic imine (C=N–C) groups is 1. The van der Waals surface area contributed by atoms with Crippen molar-refractivity contribution in [3.05, 3.63) is 117 Å². The number of nitrogens with zero attached hydrogens (tertiary/aromatic N) is 7. The van der Waals surface area contributed by atoms with E-state index < -0.39 is 25.1 Å². The monoisotopic (exact) mass is 931 g/mol. The molecule has 1 aliphatic carbocycles. The van der Waals surface area contributed by atoms with Gasteiger partial charge in [-0.1, -0.05) is 26.8 Å². The van der Waals surface area contributed by atoms with E-state index in [1.54, 1.807) is 52.2 Å². The first-order valence-electron chi connectivity index (χ1n) is 23.6. The fourth-order valence-corrected chi connectivity index (χ4v) is 13.0. The Morgan fingerprint density at radius 1 is 0.985 bits per heavy atom. The molecule has 10 rings (SSSR count). The number of halogens is 1. The number of aliphatic hydroxyl groups is 1. The van der Waals surface area contributed by atoms with Gasteiger partial charge in [0.05, 0.1) is 23.1 Å². The van der Waals surface area contributed by atoms with Crippen LogP contribution in [-0.4, -0.2) is 90.3 Å². The molecule has 0 bridgehead atoms. The number of amides is 1. The lowest BCUT2D eigenvalue weighted by Gasteiger charge is -2.34. The highest BCUT2D eigenvalue weighted by atomic mass is 31.2. The van der Waals surface area contributed by atoms with Crippen LogP contribution in [0, 0.1) is 25.6 Å². The SMILES string of the molecule is CCNc1cc(-n2ccn(-c3c4c(nn3-c3cc(C)c(F)c(C)c3)CCN(C(=O)c3cc5cc(C6CCOCC6)ccc5n3[C@@]3(C5=NC(O)ON5)C[C@@H]3C)[C@H]4C)c2=O)ccc1P(=O)(CC)CC. The Labute approximate surface area is 388 Å². The number of aliphatic hydroxyl groups excluding tert-OH is 1. The van der Waals surface area contributed by atoms with Gasteiger partial charge in [0.1, 0.15) is 30.0 Å². The fourth-order valence-electron chi connectivity index (χ4n) is 10.9. The Morgan fingerprint density at radius 3 is 2.36 bits per heavy atom. The summed E-state index contributed by atoms with van der Waals surface area (Å²) in [4.78, 5) is 42.1. The van der Waals surface area contributed by atoms with Gasteiger partial charge in [0, 0.05) is 84.9 Å². The molecule has 4 aliphatic rings. The largest absolute Gasteiger partial charge is 0.385 e. The number of rotatable bonds is 12. The predicted octanol–water partition coefficient (Wildman–Crippen LogP) is 7.58. The summed E-state index contributed by atoms with van der Waals surface area (Å²) in [7, 11) is -2.66. The van der Waals surface area contributed by atoms with Gasteiger partial charge in [-0.2, -0.15) is 5.10 Å². The quantitative estimate of drug-likeness (QED) is 0.105. The molecular weight excluding hydrogens is 873 g/mol. The van der Waals surface area contributed by atoms with Crippen molar-refractivity contribution in [2.75, 3.05) is 43.9 Å². The summed E-state index contributed by atoms with van der Waals surface area (Å²) in [6, 6.07) is 16.9. The van der Waals surface area contributed by atoms with Gasteiger partial charge in [-0.15, -0.1) is 0 Å². The molecule has 6 aromatic rings. The lowest BCUT2D eigenvalue weighted by molar-refractivity contribution is -0.103. The Balaban J connectivity index is 1.11. The van der Waals surface area contributed by atoms with E-state index in [1.165, 1.54) is 5.56 Å². The summed E-state index contributed by atoms with van der Waals surface area (Å²) < 4.78 is 41.7. The van der Waals surface area contributed by atoms with E-state index in [-0.39, 0.29) is 23.3 Å². The van der Waals surface area contributed by atoms with Crippen LogP contribution in [0.2, 0.25) is 0 Å². The highest BCUT2D eigenvalue weighted by molar-refractivity contribution is 7.71. The number of carbonyl (C=O) groups is 1. The highest BCUT2D eigenvalue weighted by Crippen LogP contribution is 2.54. The third kappa shape index (κ3) is 7.29. The zero-order valence-electron chi connectivity index (χ0n) is 39.2. The molecule has 352 valence electrons. The highest BCUT2D eigenvalue weighted by Gasteiger charge is 2.60. The summed E-state index contributed by atoms with van der Waals surface area (Å²) in [6.07, 6.45) is 6.01. The molecule has 1 unspecified atom stereocenters. The Kier molecular flexibility index (Phi) is 11.5. The van der Waals surface area contributed by atoms with Crippen molar-refractivity contribution >= 4 is 40.8 Å². The van der Waals surface area contributed by atoms with Gasteiger partial charge in [0.15, 0.2) is 5.84 Å². The number of fused-ring (bicyclic) bond motifs is 2. The molecule has 2 fully saturated rings. The van der Waals surface area contributed by atoms with E-state index in [4.69, 9.17) is 14.7 Å². The van der Waals surface area contributed by atoms with Crippen LogP contribution in [0.1, 0.15) is 104 Å². The molecule has 1 saturated carbocycles. The van der Waals surface area contributed by atoms with Crippen molar-refractivity contribution in [1.82, 2.24) is 33.9 Å². The maximum absolute atomic E-state index is 15.6. The van der Waals surface area contributed by atoms with Gasteiger partial charge >= 0.3 is 5.69 Å². The fraction of sp³-hybridized carbons (Fsp3) is 0.440. The number of nitrogens with one attached hydrogen (secondary N) is 2. The number of carbonyl (C=O) groups excluding carboxylic acids is 1. The summed E-state index contributed by atoms with van der Waals surface area (Å²) in [5.41, 5.74) is 8.49. The summed E-state index contributed by atoms with van der Waals surface area (Å²) >= 11 is 0. The third-order valence-corrected chi connectivity index (χ3v) is 18.1. The van der Waals surface area contributed by atoms with Gasteiger partial charge in [-0.05, 0) is 124 Å². The van der Waals surface area contributed by atoms with Crippen LogP contribution in [0.3, 0.4) is 0 Å². The predicted molar refractivity (Wildman–Crippen MR) is 258 cm³/mol. The van der Waals surface area contributed by atoms with E-state index >= 15 is 9.18 Å². The molecule has 3 aliphatic heterocycles. The van der Waals surface area contributed by atoms with Gasteiger partial charge in [0.25, 0.3) is 12.3 Å². The van der Waals surface area contributed by atoms with E-state index in [1.807, 2.05) is 56.9 Å². The van der Waals surface area contributed by atoms with Crippen molar-refractivity contribution in [3.63, 3.8) is 0 Å². The number of amidine groups is 1. The maximum Gasteiger partial charge on any atom is 0.338 e. The first-order valence-corrected chi connectivity index (χ1v) is 25.7. The Bertz CT molecular complexity index is 3060. The smallest absolute Gasteiger partial charge is 0.338 e. The number of anilines is 1. The second-order valence-electron chi connectivity index (χ2n) is 18.6. The number of imidazole rings is 1. The zero-order valence-corrected chi connectivity index (χ0v) is 40.1. The van der Waals surface area contributed by atoms with E-state index in [0.717, 1.165) is 40.4 Å². The lowest BCUT2D eigenvalue weighted by Crippen LogP contribution is -2.43. The van der Waals surface area contributed by atoms with Gasteiger partial charge in [-0.3, -0.25) is 13.9 Å². The van der Waals surface area contributed by atoms with Crippen LogP contribution >= 0.6 is 7.14 Å². The molecule has 1 saturated heterocycles. The molecule has 3 aromatic heterocycles. The number of hydrogen-bond acceptors (Lipinski definition) is 10. The molecule has 17 heteroatoms. The van der Waals surface area contributed by atoms with Crippen molar-refractivity contribution < 1.29 is 28.4 Å². The first kappa shape index (κ1) is 45.0. The zero-order chi connectivity index (χ0) is 47.1. The second-order valence-corrected chi connectivity index (χ2v) is 22.1. The number of ether oxygens (including phenoxy) is 1. The van der Waals surface area contributed by atoms with E-state index in [9.17, 15) is 14.5 Å². The Morgan fingerprint density at radius 2 is 1.70 bits per heavy atom. The summed E-state index contributed by atoms with van der Waals surface area (Å²) in [5, 5.41) is 20.6. The minimum atomic E-state index is -2.66. The molecule has 1 amide bonds. The van der Waals surface area contributed by atoms with Crippen molar-refractivity contribution in [3.8, 4) is 17.2 Å². The summed E-state index contributed by atoms with van der Waals surface area (Å²) in [5.74, 6) is 0.803. The number of aromatic nitrogens is 5. The van der Waals surface area contributed by atoms with Crippen molar-refractivity contribution in [2.45, 2.75) is 98.1 Å². The maximum atomic E-state index is 15.6. The lowest BCUT2D eigenvalue weighted by atomic mass is 9.91. The molecule has 0 spiro atoms. The van der Waals surface area contributed by atoms with E-state index in [2.05, 4.69) is 45.5 Å². The van der Waals surface area contributed by atoms with Crippen molar-refractivity contribution in [1.29, 1.82) is 0 Å². The number of hydrogen-bond donors (Lipinski definition) is 3. The topological polar surface area (TPSA) is 162 Å². The number of benzene rings is 3. The number of aryl methyl sites for hydroxylation is 2. The average molecular weight is 932 g/mol. The third-order valence-electron chi connectivity index (χ3n) is 14.8. The normalized spacial score (nSPS) is 22.0. The van der Waals surface area contributed by atoms with Gasteiger partial charge < -0.3 is 29.2 Å². The number of hydroxylamine groups is 1. The van der Waals surface area contributed by atoms with Crippen LogP contribution in [0.15, 0.2) is 76.8 Å². The molecule has 0 radical (unpaired) electrons. The second kappa shape index (κ2) is 17.1. The Hall–Kier alpha value is -5.80. The molecular formula is C50H59FN9O6P. The summed E-state index contributed by atoms with van der Waals surface area (Å²) in [6.45, 7) is 15.7. The molecule has 4 atom stereocenters. The van der Waals surface area contributed by atoms with Crippen LogP contribution in [0.4, 0.5) is 10.1 Å². The van der Waals surface area contributed by atoms with Gasteiger partial charge in [-0.25, -0.2) is 29.2 Å². The molecule has 3 N–H and O–H groups in total. The standard InChI is InChI=1S/C50H59FN9O6P/c1-8-52-39-27-36(12-14-42(39)67(64,9-2)10-3)57-19-20-58(49(57)63)45-43-32(7)56(18-15-38(43)54-60(45)37-23-29(4)44(51)30(5)24-37)46(61)41-26-35-25-34(33-16-21-65-22-17-33)11-13-40(35)59(41)50(28-31(50)6)47-53-48(62)66-55-47/h11-14,19-20,23-27,31-33,48,52,62H,8-10,15-18,21-22,28H2,1-7H3,(H,53,55)/t31-,32-,48?,50-/m0/s1. The molecule has 15 nitrogen and oxygen atoms in total. The minimum absolute atomic E-state index is 0.0616. The van der Waals surface area contributed by atoms with Crippen LogP contribution in [-0.2, 0) is 26.1 Å². The van der Waals surface area contributed by atoms with Gasteiger partial charge in [0.2, 0.25) is 0 Å². The van der Waals surface area contributed by atoms with Crippen LogP contribution in [0.25, 0.3) is 28.1 Å². The molecule has 67 heavy (non-hydrogen) atoms. The minimum Gasteiger partial charge on any atom is -0.385 e. The van der Waals surface area contributed by atoms with Crippen molar-refractivity contribution in [2.24, 2.45) is 10.9 Å². The van der Waals surface area contributed by atoms with E-state index in [0.29, 0.717) is 103 Å². The van der Waals surface area contributed by atoms with Crippen LogP contribution < -0.4 is 21.8 Å². The molecule has 3 aromatic carbocycles. The van der Waals surface area contributed by atoms with Crippen LogP contribution in [0.5, 0.6) is 0 Å². The average Bonchev–Trinajstić information content (AvgIpc) is 3.83.